The maximum atomic E-state index is 6.18. The molecule has 0 radical (unpaired) electrons. The third-order valence-corrected chi connectivity index (χ3v) is 4.38. The van der Waals surface area contributed by atoms with Gasteiger partial charge in [-0.3, -0.25) is 0 Å². The maximum absolute atomic E-state index is 6.18. The van der Waals surface area contributed by atoms with Gasteiger partial charge < -0.3 is 15.0 Å². The topological polar surface area (TPSA) is 24.5 Å². The second-order valence-electron chi connectivity index (χ2n) is 5.63. The van der Waals surface area contributed by atoms with E-state index in [1.807, 2.05) is 6.07 Å². The van der Waals surface area contributed by atoms with Crippen LogP contribution in [-0.4, -0.2) is 33.4 Å². The van der Waals surface area contributed by atoms with Gasteiger partial charge in [0.05, 0.1) is 6.61 Å². The molecule has 0 bridgehead atoms. The Morgan fingerprint density at radius 2 is 2.20 bits per heavy atom. The summed E-state index contributed by atoms with van der Waals surface area (Å²) >= 11 is 6.18. The lowest BCUT2D eigenvalue weighted by Gasteiger charge is -2.29. The van der Waals surface area contributed by atoms with Gasteiger partial charge in [-0.1, -0.05) is 17.7 Å². The van der Waals surface area contributed by atoms with Crippen LogP contribution < -0.4 is 10.2 Å². The van der Waals surface area contributed by atoms with Crippen LogP contribution in [0.5, 0.6) is 0 Å². The zero-order valence-corrected chi connectivity index (χ0v) is 13.4. The van der Waals surface area contributed by atoms with Crippen LogP contribution in [-0.2, 0) is 11.3 Å². The summed E-state index contributed by atoms with van der Waals surface area (Å²) in [5.74, 6) is 0.841. The first-order valence-corrected chi connectivity index (χ1v) is 7.72. The van der Waals surface area contributed by atoms with E-state index < -0.39 is 0 Å². The number of benzene rings is 1. The number of anilines is 1. The Balaban J connectivity index is 2.06. The fourth-order valence-corrected chi connectivity index (χ4v) is 2.69. The Morgan fingerprint density at radius 1 is 1.45 bits per heavy atom. The van der Waals surface area contributed by atoms with Crippen LogP contribution in [0.25, 0.3) is 0 Å². The highest BCUT2D eigenvalue weighted by atomic mass is 35.5. The predicted molar refractivity (Wildman–Crippen MR) is 85.6 cm³/mol. The van der Waals surface area contributed by atoms with Crippen molar-refractivity contribution in [1.82, 2.24) is 5.32 Å². The Labute approximate surface area is 127 Å². The second kappa shape index (κ2) is 7.30. The number of methoxy groups -OCH3 is 1. The van der Waals surface area contributed by atoms with Gasteiger partial charge in [0.2, 0.25) is 0 Å². The van der Waals surface area contributed by atoms with E-state index in [-0.39, 0.29) is 0 Å². The van der Waals surface area contributed by atoms with Gasteiger partial charge in [0.1, 0.15) is 0 Å². The van der Waals surface area contributed by atoms with Crippen LogP contribution >= 0.6 is 11.6 Å². The fraction of sp³-hybridized carbons (Fsp3) is 0.625. The van der Waals surface area contributed by atoms with Gasteiger partial charge in [-0.2, -0.15) is 0 Å². The molecule has 1 aromatic rings. The summed E-state index contributed by atoms with van der Waals surface area (Å²) in [7, 11) is 3.90. The summed E-state index contributed by atoms with van der Waals surface area (Å²) in [6, 6.07) is 6.74. The molecule has 1 aliphatic rings. The summed E-state index contributed by atoms with van der Waals surface area (Å²) in [6.45, 7) is 4.75. The fourth-order valence-electron chi connectivity index (χ4n) is 2.53. The first-order chi connectivity index (χ1) is 9.63. The van der Waals surface area contributed by atoms with Crippen LogP contribution in [0.2, 0.25) is 5.02 Å². The molecule has 0 aliphatic heterocycles. The number of halogens is 1. The van der Waals surface area contributed by atoms with Gasteiger partial charge in [-0.15, -0.1) is 0 Å². The summed E-state index contributed by atoms with van der Waals surface area (Å²) in [5, 5.41) is 4.21. The van der Waals surface area contributed by atoms with Crippen LogP contribution in [0, 0.1) is 5.92 Å². The van der Waals surface area contributed by atoms with Crippen LogP contribution in [0.15, 0.2) is 18.2 Å². The summed E-state index contributed by atoms with van der Waals surface area (Å²) in [6.07, 6.45) is 2.71. The van der Waals surface area contributed by atoms with E-state index in [0.717, 1.165) is 30.6 Å². The van der Waals surface area contributed by atoms with Crippen molar-refractivity contribution in [1.29, 1.82) is 0 Å². The van der Waals surface area contributed by atoms with Gasteiger partial charge in [0, 0.05) is 44.0 Å². The first-order valence-electron chi connectivity index (χ1n) is 7.34. The highest BCUT2D eigenvalue weighted by molar-refractivity contribution is 6.30. The lowest BCUT2D eigenvalue weighted by atomic mass is 10.1. The first kappa shape index (κ1) is 15.6. The molecule has 1 aliphatic carbocycles. The van der Waals surface area contributed by atoms with E-state index in [9.17, 15) is 0 Å². The molecule has 1 aromatic carbocycles. The molecule has 112 valence electrons. The van der Waals surface area contributed by atoms with E-state index in [2.05, 4.69) is 36.3 Å². The van der Waals surface area contributed by atoms with Crippen LogP contribution in [0.1, 0.15) is 25.3 Å². The molecule has 3 nitrogen and oxygen atoms in total. The number of rotatable bonds is 8. The van der Waals surface area contributed by atoms with Gasteiger partial charge in [-0.25, -0.2) is 0 Å². The third kappa shape index (κ3) is 4.11. The molecule has 0 spiro atoms. The van der Waals surface area contributed by atoms with E-state index in [1.165, 1.54) is 24.1 Å². The Hall–Kier alpha value is -0.770. The summed E-state index contributed by atoms with van der Waals surface area (Å²) in [5.41, 5.74) is 2.53. The molecular formula is C16H25ClN2O. The average Bonchev–Trinajstić information content (AvgIpc) is 3.28. The standard InChI is InChI=1S/C16H25ClN2O/c1-12(13-4-5-13)19(2)16-10-15(17)7-6-14(16)11-18-8-9-20-3/h6-7,10,12-13,18H,4-5,8-9,11H2,1-3H3. The molecule has 1 N–H and O–H groups in total. The van der Waals surface area contributed by atoms with Crippen molar-refractivity contribution in [3.63, 3.8) is 0 Å². The molecular weight excluding hydrogens is 272 g/mol. The predicted octanol–water partition coefficient (Wildman–Crippen LogP) is 3.31. The quantitative estimate of drug-likeness (QED) is 0.745. The molecule has 1 fully saturated rings. The number of ether oxygens (including phenoxy) is 1. The number of hydrogen-bond acceptors (Lipinski definition) is 3. The van der Waals surface area contributed by atoms with Crippen molar-refractivity contribution in [2.75, 3.05) is 32.2 Å². The maximum Gasteiger partial charge on any atom is 0.0587 e. The lowest BCUT2D eigenvalue weighted by molar-refractivity contribution is 0.199. The average molecular weight is 297 g/mol. The zero-order chi connectivity index (χ0) is 14.5. The van der Waals surface area contributed by atoms with E-state index in [4.69, 9.17) is 16.3 Å². The summed E-state index contributed by atoms with van der Waals surface area (Å²) in [4.78, 5) is 2.37. The molecule has 0 heterocycles. The highest BCUT2D eigenvalue weighted by Gasteiger charge is 2.31. The van der Waals surface area contributed by atoms with E-state index >= 15 is 0 Å². The monoisotopic (exact) mass is 296 g/mol. The SMILES string of the molecule is COCCNCc1ccc(Cl)cc1N(C)C(C)C1CC1. The van der Waals surface area contributed by atoms with Crippen LogP contribution in [0.4, 0.5) is 5.69 Å². The normalized spacial score (nSPS) is 16.2. The number of nitrogens with zero attached hydrogens (tertiary/aromatic N) is 1. The van der Waals surface area contributed by atoms with Crippen molar-refractivity contribution < 1.29 is 4.74 Å². The molecule has 1 saturated carbocycles. The molecule has 1 atom stereocenters. The molecule has 0 aromatic heterocycles. The Bertz CT molecular complexity index is 434. The minimum absolute atomic E-state index is 0.575. The van der Waals surface area contributed by atoms with Crippen molar-refractivity contribution >= 4 is 17.3 Å². The Morgan fingerprint density at radius 3 is 2.85 bits per heavy atom. The Kier molecular flexibility index (Phi) is 5.70. The summed E-state index contributed by atoms with van der Waals surface area (Å²) < 4.78 is 5.06. The highest BCUT2D eigenvalue weighted by Crippen LogP contribution is 2.37. The minimum Gasteiger partial charge on any atom is -0.383 e. The molecule has 0 saturated heterocycles. The van der Waals surface area contributed by atoms with Crippen molar-refractivity contribution in [2.24, 2.45) is 5.92 Å². The van der Waals surface area contributed by atoms with Gasteiger partial charge in [0.15, 0.2) is 0 Å². The smallest absolute Gasteiger partial charge is 0.0587 e. The van der Waals surface area contributed by atoms with Crippen molar-refractivity contribution in [3.8, 4) is 0 Å². The van der Waals surface area contributed by atoms with Gasteiger partial charge in [-0.05, 0) is 43.4 Å². The minimum atomic E-state index is 0.575. The largest absolute Gasteiger partial charge is 0.383 e. The molecule has 0 amide bonds. The van der Waals surface area contributed by atoms with Crippen molar-refractivity contribution in [2.45, 2.75) is 32.4 Å². The van der Waals surface area contributed by atoms with Gasteiger partial charge >= 0.3 is 0 Å². The number of hydrogen-bond donors (Lipinski definition) is 1. The molecule has 20 heavy (non-hydrogen) atoms. The van der Waals surface area contributed by atoms with Crippen LogP contribution in [0.3, 0.4) is 0 Å². The molecule has 2 rings (SSSR count). The van der Waals surface area contributed by atoms with Crippen molar-refractivity contribution in [3.05, 3.63) is 28.8 Å². The number of nitrogens with one attached hydrogen (secondary N) is 1. The van der Waals surface area contributed by atoms with E-state index in [0.29, 0.717) is 6.04 Å². The zero-order valence-electron chi connectivity index (χ0n) is 12.7. The lowest BCUT2D eigenvalue weighted by Crippen LogP contribution is -2.32. The molecule has 4 heteroatoms. The van der Waals surface area contributed by atoms with E-state index in [1.54, 1.807) is 7.11 Å². The third-order valence-electron chi connectivity index (χ3n) is 4.14. The molecule has 1 unspecified atom stereocenters. The van der Waals surface area contributed by atoms with Gasteiger partial charge in [0.25, 0.3) is 0 Å². The second-order valence-corrected chi connectivity index (χ2v) is 6.07.